The van der Waals surface area contributed by atoms with Crippen LogP contribution in [0.2, 0.25) is 0 Å². The lowest BCUT2D eigenvalue weighted by Crippen LogP contribution is -2.47. The summed E-state index contributed by atoms with van der Waals surface area (Å²) in [5, 5.41) is 12.8. The molecule has 2 saturated carbocycles. The average Bonchev–Trinajstić information content (AvgIpc) is 2.49. The Kier molecular flexibility index (Phi) is 6.17. The van der Waals surface area contributed by atoms with Crippen LogP contribution in [0.1, 0.15) is 51.4 Å². The highest BCUT2D eigenvalue weighted by Gasteiger charge is 2.41. The monoisotopic (exact) mass is 336 g/mol. The Morgan fingerprint density at radius 1 is 1.13 bits per heavy atom. The Labute approximate surface area is 135 Å². The van der Waals surface area contributed by atoms with Crippen molar-refractivity contribution in [2.24, 2.45) is 11.8 Å². The zero-order valence-corrected chi connectivity index (χ0v) is 13.6. The van der Waals surface area contributed by atoms with Gasteiger partial charge in [0.15, 0.2) is 0 Å². The molecule has 0 aromatic rings. The van der Waals surface area contributed by atoms with Crippen LogP contribution < -0.4 is 5.32 Å². The van der Waals surface area contributed by atoms with Crippen LogP contribution in [0.3, 0.4) is 0 Å². The highest BCUT2D eigenvalue weighted by molar-refractivity contribution is 5.74. The number of urea groups is 1. The second kappa shape index (κ2) is 7.73. The van der Waals surface area contributed by atoms with Crippen LogP contribution >= 0.6 is 0 Å². The molecule has 134 valence electrons. The molecular formula is C16H27F3N2O2. The van der Waals surface area contributed by atoms with E-state index in [1.54, 1.807) is 11.9 Å². The maximum atomic E-state index is 12.6. The van der Waals surface area contributed by atoms with Gasteiger partial charge in [0.2, 0.25) is 0 Å². The third-order valence-corrected chi connectivity index (χ3v) is 5.24. The van der Waals surface area contributed by atoms with E-state index in [1.165, 1.54) is 0 Å². The summed E-state index contributed by atoms with van der Waals surface area (Å²) < 4.78 is 37.9. The maximum absolute atomic E-state index is 12.6. The van der Waals surface area contributed by atoms with Crippen molar-refractivity contribution >= 4 is 6.03 Å². The molecule has 4 nitrogen and oxygen atoms in total. The fourth-order valence-corrected chi connectivity index (χ4v) is 3.69. The van der Waals surface area contributed by atoms with E-state index >= 15 is 0 Å². The first-order valence-electron chi connectivity index (χ1n) is 8.53. The summed E-state index contributed by atoms with van der Waals surface area (Å²) in [6, 6.07) is -0.432. The van der Waals surface area contributed by atoms with Crippen LogP contribution in [0.4, 0.5) is 18.0 Å². The van der Waals surface area contributed by atoms with Gasteiger partial charge in [0.05, 0.1) is 12.0 Å². The molecule has 23 heavy (non-hydrogen) atoms. The van der Waals surface area contributed by atoms with E-state index in [2.05, 4.69) is 5.32 Å². The molecule has 2 aliphatic rings. The number of aliphatic hydroxyl groups is 1. The third kappa shape index (κ3) is 5.26. The lowest BCUT2D eigenvalue weighted by molar-refractivity contribution is -0.182. The molecule has 0 heterocycles. The Bertz CT molecular complexity index is 395. The molecule has 0 aliphatic heterocycles. The van der Waals surface area contributed by atoms with Gasteiger partial charge in [0, 0.05) is 25.6 Å². The predicted octanol–water partition coefficient (Wildman–Crippen LogP) is 3.30. The smallest absolute Gasteiger partial charge is 0.391 e. The standard InChI is InChI=1S/C16H27F3N2O2/c1-21(10-11-4-2-3-5-14(11)22)15(23)20-13-8-6-12(7-9-13)16(17,18)19/h11-14,22H,2-10H2,1H3,(H,20,23)/t11-,12?,13?,14+/m1/s1. The van der Waals surface area contributed by atoms with Gasteiger partial charge in [-0.25, -0.2) is 4.79 Å². The number of carbonyl (C=O) groups is 1. The predicted molar refractivity (Wildman–Crippen MR) is 80.9 cm³/mol. The van der Waals surface area contributed by atoms with Crippen LogP contribution in [0, 0.1) is 11.8 Å². The molecule has 0 spiro atoms. The van der Waals surface area contributed by atoms with Gasteiger partial charge in [-0.15, -0.1) is 0 Å². The van der Waals surface area contributed by atoms with Crippen molar-refractivity contribution in [3.63, 3.8) is 0 Å². The second-order valence-corrected chi connectivity index (χ2v) is 7.03. The summed E-state index contributed by atoms with van der Waals surface area (Å²) in [6.45, 7) is 0.491. The highest BCUT2D eigenvalue weighted by atomic mass is 19.4. The number of hydrogen-bond donors (Lipinski definition) is 2. The number of rotatable bonds is 3. The minimum absolute atomic E-state index is 0.0828. The number of carbonyl (C=O) groups excluding carboxylic acids is 1. The van der Waals surface area contributed by atoms with Gasteiger partial charge in [0.25, 0.3) is 0 Å². The lowest BCUT2D eigenvalue weighted by atomic mass is 9.85. The van der Waals surface area contributed by atoms with E-state index in [1.807, 2.05) is 0 Å². The van der Waals surface area contributed by atoms with Crippen molar-refractivity contribution in [1.29, 1.82) is 0 Å². The Morgan fingerprint density at radius 3 is 2.30 bits per heavy atom. The molecule has 2 amide bonds. The molecule has 0 saturated heterocycles. The highest BCUT2D eigenvalue weighted by Crippen LogP contribution is 2.37. The van der Waals surface area contributed by atoms with Gasteiger partial charge in [-0.05, 0) is 38.5 Å². The van der Waals surface area contributed by atoms with E-state index in [9.17, 15) is 23.1 Å². The van der Waals surface area contributed by atoms with Crippen LogP contribution in [-0.2, 0) is 0 Å². The molecule has 2 N–H and O–H groups in total. The first kappa shape index (κ1) is 18.4. The number of amides is 2. The molecule has 0 aromatic heterocycles. The average molecular weight is 336 g/mol. The van der Waals surface area contributed by atoms with Gasteiger partial charge in [-0.3, -0.25) is 0 Å². The molecule has 2 aliphatic carbocycles. The number of aliphatic hydroxyl groups excluding tert-OH is 1. The molecular weight excluding hydrogens is 309 g/mol. The molecule has 2 fully saturated rings. The number of nitrogens with zero attached hydrogens (tertiary/aromatic N) is 1. The van der Waals surface area contributed by atoms with Gasteiger partial charge in [0.1, 0.15) is 0 Å². The van der Waals surface area contributed by atoms with Crippen molar-refractivity contribution in [1.82, 2.24) is 10.2 Å². The first-order valence-corrected chi connectivity index (χ1v) is 8.53. The van der Waals surface area contributed by atoms with E-state index in [0.717, 1.165) is 25.7 Å². The van der Waals surface area contributed by atoms with Crippen molar-refractivity contribution < 1.29 is 23.1 Å². The maximum Gasteiger partial charge on any atom is 0.391 e. The van der Waals surface area contributed by atoms with Gasteiger partial charge >= 0.3 is 12.2 Å². The molecule has 2 atom stereocenters. The normalized spacial score (nSPS) is 32.4. The zero-order chi connectivity index (χ0) is 17.0. The minimum Gasteiger partial charge on any atom is -0.393 e. The fraction of sp³-hybridized carbons (Fsp3) is 0.938. The lowest BCUT2D eigenvalue weighted by Gasteiger charge is -2.34. The van der Waals surface area contributed by atoms with E-state index in [4.69, 9.17) is 0 Å². The van der Waals surface area contributed by atoms with Crippen molar-refractivity contribution in [2.45, 2.75) is 69.7 Å². The van der Waals surface area contributed by atoms with Crippen molar-refractivity contribution in [2.75, 3.05) is 13.6 Å². The topological polar surface area (TPSA) is 52.6 Å². The number of alkyl halides is 3. The Balaban J connectivity index is 1.74. The zero-order valence-electron chi connectivity index (χ0n) is 13.6. The van der Waals surface area contributed by atoms with E-state index in [0.29, 0.717) is 19.4 Å². The van der Waals surface area contributed by atoms with Crippen LogP contribution in [-0.4, -0.2) is 48.0 Å². The van der Waals surface area contributed by atoms with Crippen LogP contribution in [0.5, 0.6) is 0 Å². The van der Waals surface area contributed by atoms with Crippen LogP contribution in [0.25, 0.3) is 0 Å². The van der Waals surface area contributed by atoms with Gasteiger partial charge in [-0.1, -0.05) is 12.8 Å². The number of halogens is 3. The molecule has 0 aromatic carbocycles. The minimum atomic E-state index is -4.12. The largest absolute Gasteiger partial charge is 0.393 e. The summed E-state index contributed by atoms with van der Waals surface area (Å²) in [4.78, 5) is 13.7. The van der Waals surface area contributed by atoms with E-state index < -0.39 is 12.1 Å². The number of nitrogens with one attached hydrogen (secondary N) is 1. The molecule has 0 radical (unpaired) electrons. The third-order valence-electron chi connectivity index (χ3n) is 5.24. The SMILES string of the molecule is CN(C[C@H]1CCCC[C@@H]1O)C(=O)NC1CCC(C(F)(F)F)CC1. The first-order chi connectivity index (χ1) is 10.8. The van der Waals surface area contributed by atoms with Crippen LogP contribution in [0.15, 0.2) is 0 Å². The van der Waals surface area contributed by atoms with Crippen molar-refractivity contribution in [3.8, 4) is 0 Å². The van der Waals surface area contributed by atoms with E-state index in [-0.39, 0.29) is 36.9 Å². The fourth-order valence-electron chi connectivity index (χ4n) is 3.69. The Morgan fingerprint density at radius 2 is 1.74 bits per heavy atom. The number of hydrogen-bond acceptors (Lipinski definition) is 2. The Hall–Kier alpha value is -0.980. The molecule has 0 unspecified atom stereocenters. The second-order valence-electron chi connectivity index (χ2n) is 7.03. The molecule has 0 bridgehead atoms. The summed E-state index contributed by atoms with van der Waals surface area (Å²) in [5.41, 5.74) is 0. The quantitative estimate of drug-likeness (QED) is 0.831. The summed E-state index contributed by atoms with van der Waals surface area (Å²) >= 11 is 0. The van der Waals surface area contributed by atoms with Gasteiger partial charge < -0.3 is 15.3 Å². The summed E-state index contributed by atoms with van der Waals surface area (Å²) in [5.74, 6) is -1.13. The molecule has 2 rings (SSSR count). The van der Waals surface area contributed by atoms with Crippen molar-refractivity contribution in [3.05, 3.63) is 0 Å². The molecule has 7 heteroatoms. The summed E-state index contributed by atoms with van der Waals surface area (Å²) in [7, 11) is 1.68. The van der Waals surface area contributed by atoms with Gasteiger partial charge in [-0.2, -0.15) is 13.2 Å². The summed E-state index contributed by atoms with van der Waals surface area (Å²) in [6.07, 6.45) is 0.209.